The molecule has 11 heteroatoms. The van der Waals surface area contributed by atoms with Crippen molar-refractivity contribution >= 4 is 32.8 Å². The van der Waals surface area contributed by atoms with Gasteiger partial charge in [-0.15, -0.1) is 10.2 Å². The lowest BCUT2D eigenvalue weighted by Crippen LogP contribution is -2.15. The molecule has 0 bridgehead atoms. The van der Waals surface area contributed by atoms with E-state index in [1.54, 1.807) is 0 Å². The molecule has 0 aliphatic rings. The Morgan fingerprint density at radius 2 is 1.59 bits per heavy atom. The smallest absolute Gasteiger partial charge is 0.422 e. The molecular formula is C16H7F6N3O2. The van der Waals surface area contributed by atoms with Gasteiger partial charge in [0, 0.05) is 16.8 Å². The number of nitrogens with one attached hydrogen (secondary N) is 1. The van der Waals surface area contributed by atoms with Gasteiger partial charge in [-0.3, -0.25) is 0 Å². The molecule has 0 radical (unpaired) electrons. The molecule has 0 saturated heterocycles. The quantitative estimate of drug-likeness (QED) is 0.355. The van der Waals surface area contributed by atoms with Gasteiger partial charge in [-0.25, -0.2) is 4.79 Å². The zero-order valence-corrected chi connectivity index (χ0v) is 13.2. The lowest BCUT2D eigenvalue weighted by molar-refractivity contribution is -0.145. The molecule has 3 heterocycles. The number of H-pyrrole nitrogens is 1. The first kappa shape index (κ1) is 17.3. The number of hydrogen-bond donors (Lipinski definition) is 1. The number of benzene rings is 1. The third kappa shape index (κ3) is 2.53. The van der Waals surface area contributed by atoms with Gasteiger partial charge in [-0.2, -0.15) is 26.3 Å². The van der Waals surface area contributed by atoms with Crippen LogP contribution in [0.15, 0.2) is 27.4 Å². The average Bonchev–Trinajstić information content (AvgIpc) is 2.91. The van der Waals surface area contributed by atoms with Crippen molar-refractivity contribution < 1.29 is 30.8 Å². The fraction of sp³-hybridized carbons (Fsp3) is 0.188. The Morgan fingerprint density at radius 3 is 2.22 bits per heavy atom. The Balaban J connectivity index is 2.35. The number of hydrogen-bond acceptors (Lipinski definition) is 4. The maximum absolute atomic E-state index is 13.4. The van der Waals surface area contributed by atoms with Crippen molar-refractivity contribution in [3.05, 3.63) is 45.6 Å². The molecule has 0 aliphatic carbocycles. The molecule has 0 aliphatic heterocycles. The Morgan fingerprint density at radius 1 is 0.963 bits per heavy atom. The fourth-order valence-corrected chi connectivity index (χ4v) is 3.07. The third-order valence-electron chi connectivity index (χ3n) is 4.14. The van der Waals surface area contributed by atoms with Crippen LogP contribution in [0.4, 0.5) is 26.3 Å². The number of alkyl halides is 6. The largest absolute Gasteiger partial charge is 0.437 e. The third-order valence-corrected chi connectivity index (χ3v) is 4.14. The van der Waals surface area contributed by atoms with Crippen molar-refractivity contribution in [2.24, 2.45) is 0 Å². The second kappa shape index (κ2) is 5.21. The molecular weight excluding hydrogens is 380 g/mol. The van der Waals surface area contributed by atoms with Crippen LogP contribution in [0.2, 0.25) is 0 Å². The average molecular weight is 387 g/mol. The van der Waals surface area contributed by atoms with Crippen molar-refractivity contribution in [3.8, 4) is 0 Å². The molecule has 0 spiro atoms. The van der Waals surface area contributed by atoms with Crippen LogP contribution in [0, 0.1) is 6.92 Å². The zero-order chi connectivity index (χ0) is 19.7. The van der Waals surface area contributed by atoms with Crippen LogP contribution in [0.3, 0.4) is 0 Å². The van der Waals surface area contributed by atoms with E-state index < -0.39 is 40.3 Å². The molecule has 4 aromatic rings. The predicted octanol–water partition coefficient (Wildman–Crippen LogP) is 4.56. The second-order valence-corrected chi connectivity index (χ2v) is 5.88. The van der Waals surface area contributed by atoms with Gasteiger partial charge in [-0.1, -0.05) is 0 Å². The highest BCUT2D eigenvalue weighted by Crippen LogP contribution is 2.43. The molecule has 0 fully saturated rings. The molecule has 27 heavy (non-hydrogen) atoms. The van der Waals surface area contributed by atoms with E-state index in [1.165, 1.54) is 19.1 Å². The molecule has 0 atom stereocenters. The molecule has 1 N–H and O–H groups in total. The lowest BCUT2D eigenvalue weighted by Gasteiger charge is -2.11. The molecule has 5 nitrogen and oxygen atoms in total. The van der Waals surface area contributed by atoms with Crippen LogP contribution in [0.1, 0.15) is 17.0 Å². The molecule has 140 valence electrons. The standard InChI is InChI=1S/C16H7F6N3O2/c1-5-4-8(26)27-12-6(5)2-3-7-9(12)10-11(23-7)14(16(20,21)22)25-24-13(10)15(17,18)19/h2-4,23H,1H3. The van der Waals surface area contributed by atoms with Crippen molar-refractivity contribution in [1.29, 1.82) is 0 Å². The number of rotatable bonds is 0. The topological polar surface area (TPSA) is 71.8 Å². The molecule has 4 rings (SSSR count). The minimum absolute atomic E-state index is 0.0722. The maximum Gasteiger partial charge on any atom is 0.437 e. The Labute approximate surface area is 144 Å². The highest BCUT2D eigenvalue weighted by molar-refractivity contribution is 6.19. The summed E-state index contributed by atoms with van der Waals surface area (Å²) in [5.74, 6) is 0. The van der Waals surface area contributed by atoms with E-state index in [0.29, 0.717) is 10.9 Å². The molecule has 0 unspecified atom stereocenters. The highest BCUT2D eigenvalue weighted by Gasteiger charge is 2.42. The number of nitrogens with zero attached hydrogens (tertiary/aromatic N) is 2. The van der Waals surface area contributed by atoms with Gasteiger partial charge in [0.2, 0.25) is 0 Å². The summed E-state index contributed by atoms with van der Waals surface area (Å²) in [5.41, 5.74) is -4.83. The van der Waals surface area contributed by atoms with Crippen LogP contribution in [-0.4, -0.2) is 15.2 Å². The minimum atomic E-state index is -5.07. The Kier molecular flexibility index (Phi) is 3.34. The predicted molar refractivity (Wildman–Crippen MR) is 82.2 cm³/mol. The number of aromatic nitrogens is 3. The number of aryl methyl sites for hydroxylation is 1. The van der Waals surface area contributed by atoms with Crippen molar-refractivity contribution in [1.82, 2.24) is 15.2 Å². The van der Waals surface area contributed by atoms with Gasteiger partial charge >= 0.3 is 18.0 Å². The summed E-state index contributed by atoms with van der Waals surface area (Å²) in [6.07, 6.45) is -10.1. The number of aromatic amines is 1. The van der Waals surface area contributed by atoms with Gasteiger partial charge in [0.25, 0.3) is 0 Å². The summed E-state index contributed by atoms with van der Waals surface area (Å²) in [5, 5.41) is 4.66. The second-order valence-electron chi connectivity index (χ2n) is 5.88. The maximum atomic E-state index is 13.4. The summed E-state index contributed by atoms with van der Waals surface area (Å²) in [6.45, 7) is 1.53. The van der Waals surface area contributed by atoms with Crippen molar-refractivity contribution in [2.45, 2.75) is 19.3 Å². The van der Waals surface area contributed by atoms with E-state index >= 15 is 0 Å². The van der Waals surface area contributed by atoms with Gasteiger partial charge in [0.05, 0.1) is 16.4 Å². The SMILES string of the molecule is Cc1cc(=O)oc2c1ccc1[nH]c3c(C(F)(F)F)nnc(C(F)(F)F)c3c12. The van der Waals surface area contributed by atoms with E-state index in [0.717, 1.165) is 6.07 Å². The summed E-state index contributed by atoms with van der Waals surface area (Å²) in [7, 11) is 0. The van der Waals surface area contributed by atoms with Crippen LogP contribution < -0.4 is 5.63 Å². The van der Waals surface area contributed by atoms with Crippen LogP contribution in [0.5, 0.6) is 0 Å². The van der Waals surface area contributed by atoms with E-state index in [9.17, 15) is 31.1 Å². The number of halogens is 6. The van der Waals surface area contributed by atoms with E-state index in [-0.39, 0.29) is 16.5 Å². The Bertz CT molecular complexity index is 1280. The summed E-state index contributed by atoms with van der Waals surface area (Å²) in [6, 6.07) is 3.88. The first-order valence-electron chi connectivity index (χ1n) is 7.38. The van der Waals surface area contributed by atoms with Crippen molar-refractivity contribution in [2.75, 3.05) is 0 Å². The highest BCUT2D eigenvalue weighted by atomic mass is 19.4. The van der Waals surface area contributed by atoms with E-state index in [1.807, 2.05) is 0 Å². The molecule has 3 aromatic heterocycles. The van der Waals surface area contributed by atoms with Crippen LogP contribution >= 0.6 is 0 Å². The summed E-state index contributed by atoms with van der Waals surface area (Å²) in [4.78, 5) is 14.0. The van der Waals surface area contributed by atoms with Crippen molar-refractivity contribution in [3.63, 3.8) is 0 Å². The van der Waals surface area contributed by atoms with Gasteiger partial charge < -0.3 is 9.40 Å². The van der Waals surface area contributed by atoms with Crippen LogP contribution in [0.25, 0.3) is 32.8 Å². The lowest BCUT2D eigenvalue weighted by atomic mass is 10.1. The van der Waals surface area contributed by atoms with Crippen LogP contribution in [-0.2, 0) is 12.4 Å². The Hall–Kier alpha value is -3.11. The normalized spacial score (nSPS) is 13.1. The van der Waals surface area contributed by atoms with Gasteiger partial charge in [0.15, 0.2) is 11.4 Å². The molecule has 1 aromatic carbocycles. The first-order valence-corrected chi connectivity index (χ1v) is 7.38. The van der Waals surface area contributed by atoms with E-state index in [2.05, 4.69) is 15.2 Å². The number of fused-ring (bicyclic) bond motifs is 5. The molecule has 0 saturated carbocycles. The summed E-state index contributed by atoms with van der Waals surface area (Å²) < 4.78 is 85.0. The fourth-order valence-electron chi connectivity index (χ4n) is 3.07. The minimum Gasteiger partial charge on any atom is -0.422 e. The van der Waals surface area contributed by atoms with E-state index in [4.69, 9.17) is 4.42 Å². The first-order chi connectivity index (χ1) is 12.5. The van der Waals surface area contributed by atoms with Gasteiger partial charge in [-0.05, 0) is 24.6 Å². The zero-order valence-electron chi connectivity index (χ0n) is 13.2. The summed E-state index contributed by atoms with van der Waals surface area (Å²) >= 11 is 0. The molecule has 0 amide bonds. The van der Waals surface area contributed by atoms with Gasteiger partial charge in [0.1, 0.15) is 5.58 Å². The monoisotopic (exact) mass is 387 g/mol.